The Bertz CT molecular complexity index is 2750. The number of nitrogens with one attached hydrogen (secondary N) is 2. The predicted octanol–water partition coefficient (Wildman–Crippen LogP) is 5.58. The lowest BCUT2D eigenvalue weighted by Crippen LogP contribution is -2.33. The van der Waals surface area contributed by atoms with Crippen LogP contribution in [0.25, 0.3) is 22.3 Å². The third-order valence-corrected chi connectivity index (χ3v) is 13.3. The molecule has 2 aliphatic rings. The van der Waals surface area contributed by atoms with Crippen LogP contribution >= 0.6 is 6.72 Å². The molecule has 2 aliphatic carbocycles. The monoisotopic (exact) mass is 917 g/mol. The van der Waals surface area contributed by atoms with E-state index in [1.165, 1.54) is 34.4 Å². The number of imidazole rings is 2. The summed E-state index contributed by atoms with van der Waals surface area (Å²) >= 11 is 5.75. The lowest BCUT2D eigenvalue weighted by molar-refractivity contribution is -0.0122. The fourth-order valence-corrected chi connectivity index (χ4v) is 10.1. The zero-order chi connectivity index (χ0) is 45.0. The molecule has 20 nitrogen and oxygen atoms in total. The van der Waals surface area contributed by atoms with Crippen LogP contribution in [0.3, 0.4) is 0 Å². The van der Waals surface area contributed by atoms with Gasteiger partial charge in [-0.25, -0.2) is 43.5 Å². The SMILES string of the molecule is N#CCCOP(=S)(OC[C@H]1C[C@@H](n2cnc3c(NC(=O)c4ccccc4)ncnc32)[C@H](F)[C@@H]1OC(=O)O)O[C@@H]1[C@@H](CO)C[C@@H](n2cnc3c(NC(=O)c4ccccc4)ncnc32)[C@@H]1F. The number of hydrogen-bond donors (Lipinski definition) is 4. The zero-order valence-electron chi connectivity index (χ0n) is 33.3. The number of rotatable bonds is 16. The number of nitrogens with zero attached hydrogens (tertiary/aromatic N) is 9. The van der Waals surface area contributed by atoms with Gasteiger partial charge in [-0.1, -0.05) is 36.4 Å². The van der Waals surface area contributed by atoms with Gasteiger partial charge in [-0.3, -0.25) is 9.59 Å². The molecule has 2 saturated carbocycles. The highest BCUT2D eigenvalue weighted by Gasteiger charge is 2.51. The van der Waals surface area contributed by atoms with E-state index in [2.05, 4.69) is 40.5 Å². The van der Waals surface area contributed by atoms with Crippen LogP contribution in [0.15, 0.2) is 86.0 Å². The Morgan fingerprint density at radius 3 is 1.80 bits per heavy atom. The number of aromatic nitrogens is 8. The Morgan fingerprint density at radius 2 is 1.30 bits per heavy atom. The number of alkyl halides is 2. The Balaban J connectivity index is 1.00. The fraction of sp³-hybridized carbons (Fsp3) is 0.350. The molecule has 0 aliphatic heterocycles. The van der Waals surface area contributed by atoms with Gasteiger partial charge in [0.15, 0.2) is 40.1 Å². The molecule has 0 bridgehead atoms. The summed E-state index contributed by atoms with van der Waals surface area (Å²) in [5.74, 6) is -2.65. The number of carbonyl (C=O) groups is 3. The molecule has 24 heteroatoms. The van der Waals surface area contributed by atoms with Crippen LogP contribution in [0.5, 0.6) is 0 Å². The van der Waals surface area contributed by atoms with Gasteiger partial charge in [0.1, 0.15) is 31.0 Å². The van der Waals surface area contributed by atoms with Crippen molar-refractivity contribution < 1.29 is 51.7 Å². The van der Waals surface area contributed by atoms with Crippen molar-refractivity contribution >= 4 is 70.5 Å². The molecule has 64 heavy (non-hydrogen) atoms. The second kappa shape index (κ2) is 19.1. The molecular formula is C40H38F2N11O9PS. The number of nitriles is 1. The van der Waals surface area contributed by atoms with E-state index in [0.29, 0.717) is 11.1 Å². The van der Waals surface area contributed by atoms with Crippen LogP contribution in [-0.4, -0.2) is 112 Å². The highest BCUT2D eigenvalue weighted by molar-refractivity contribution is 8.07. The van der Waals surface area contributed by atoms with Gasteiger partial charge in [0.2, 0.25) is 0 Å². The van der Waals surface area contributed by atoms with E-state index in [9.17, 15) is 29.9 Å². The van der Waals surface area contributed by atoms with Gasteiger partial charge in [0.05, 0.1) is 50.4 Å². The minimum absolute atomic E-state index is 0.0134. The highest BCUT2D eigenvalue weighted by atomic mass is 32.5. The third-order valence-electron chi connectivity index (χ3n) is 11.0. The smallest absolute Gasteiger partial charge is 0.450 e. The molecule has 4 N–H and O–H groups in total. The van der Waals surface area contributed by atoms with Gasteiger partial charge in [0.25, 0.3) is 11.8 Å². The van der Waals surface area contributed by atoms with E-state index >= 15 is 8.78 Å². The van der Waals surface area contributed by atoms with Crippen molar-refractivity contribution in [3.8, 4) is 6.07 Å². The van der Waals surface area contributed by atoms with Crippen molar-refractivity contribution in [3.05, 3.63) is 97.1 Å². The van der Waals surface area contributed by atoms with Gasteiger partial charge < -0.3 is 48.3 Å². The fourth-order valence-electron chi connectivity index (χ4n) is 7.95. The Hall–Kier alpha value is -6.41. The molecule has 2 aromatic carbocycles. The lowest BCUT2D eigenvalue weighted by atomic mass is 10.1. The number of anilines is 2. The molecule has 8 rings (SSSR count). The quantitative estimate of drug-likeness (QED) is 0.0524. The molecular weight excluding hydrogens is 880 g/mol. The van der Waals surface area contributed by atoms with Crippen molar-refractivity contribution in [1.29, 1.82) is 5.26 Å². The summed E-state index contributed by atoms with van der Waals surface area (Å²) < 4.78 is 59.2. The molecule has 6 aromatic rings. The van der Waals surface area contributed by atoms with Crippen molar-refractivity contribution in [2.45, 2.75) is 55.9 Å². The maximum Gasteiger partial charge on any atom is 0.506 e. The molecule has 4 heterocycles. The van der Waals surface area contributed by atoms with Crippen LogP contribution in [0, 0.1) is 23.2 Å². The Morgan fingerprint density at radius 1 is 0.781 bits per heavy atom. The second-order valence-electron chi connectivity index (χ2n) is 14.8. The van der Waals surface area contributed by atoms with Crippen molar-refractivity contribution in [3.63, 3.8) is 0 Å². The van der Waals surface area contributed by atoms with Crippen LogP contribution in [0.2, 0.25) is 0 Å². The summed E-state index contributed by atoms with van der Waals surface area (Å²) in [6.45, 7) is -5.38. The lowest BCUT2D eigenvalue weighted by Gasteiger charge is -2.30. The first-order chi connectivity index (χ1) is 31.0. The molecule has 1 unspecified atom stereocenters. The average molecular weight is 918 g/mol. The number of aliphatic hydroxyl groups is 1. The number of amides is 2. The first-order valence-corrected chi connectivity index (χ1v) is 22.3. The molecule has 0 saturated heterocycles. The van der Waals surface area contributed by atoms with E-state index < -0.39 is 86.4 Å². The standard InChI is InChI=1S/C40H38F2N11O9PS/c41-28-27(53-21-49-31-35(45-19-47-37(31)53)51-39(56)23-10-5-2-6-11-23)15-25(32(28)61-40(57)58)17-60-63(64,59-13-7-12-43)62-33-24(16-54)14-26(29(33)42)52-20-48-30-34(44-18-46-36(30)52)50-38(55)22-8-3-1-4-9-22/h1-6,8-11,18-21,24-29,32-33,54H,7,13-17H2,(H,57,58)(H,44,46,50,55)(H,45,47,51,56)/t24-,25-,26-,27-,28+,29+,32-,33-,63?/m1/s1. The molecule has 4 aromatic heterocycles. The maximum atomic E-state index is 16.8. The summed E-state index contributed by atoms with van der Waals surface area (Å²) in [6, 6.07) is 16.6. The molecule has 0 radical (unpaired) electrons. The predicted molar refractivity (Wildman–Crippen MR) is 225 cm³/mol. The van der Waals surface area contributed by atoms with Gasteiger partial charge in [-0.05, 0) is 48.9 Å². The van der Waals surface area contributed by atoms with Crippen molar-refractivity contribution in [1.82, 2.24) is 39.0 Å². The van der Waals surface area contributed by atoms with Crippen molar-refractivity contribution in [2.24, 2.45) is 11.8 Å². The number of benzene rings is 2. The number of aliphatic hydroxyl groups excluding tert-OH is 1. The van der Waals surface area contributed by atoms with Crippen molar-refractivity contribution in [2.75, 3.05) is 30.5 Å². The Kier molecular flexibility index (Phi) is 13.2. The number of halogens is 2. The number of carboxylic acid groups (broad SMARTS) is 1. The third kappa shape index (κ3) is 9.15. The molecule has 332 valence electrons. The van der Waals surface area contributed by atoms with E-state index in [0.717, 1.165) is 0 Å². The van der Waals surface area contributed by atoms with E-state index in [1.54, 1.807) is 60.7 Å². The van der Waals surface area contributed by atoms with Crippen LogP contribution in [0.1, 0.15) is 52.1 Å². The number of hydrogen-bond acceptors (Lipinski definition) is 16. The topological polar surface area (TPSA) is 264 Å². The molecule has 0 spiro atoms. The summed E-state index contributed by atoms with van der Waals surface area (Å²) in [4.78, 5) is 63.3. The molecule has 2 fully saturated rings. The minimum Gasteiger partial charge on any atom is -0.450 e. The number of ether oxygens (including phenoxy) is 1. The molecule has 9 atom stereocenters. The summed E-state index contributed by atoms with van der Waals surface area (Å²) in [6.07, 6.45) is -3.88. The van der Waals surface area contributed by atoms with E-state index in [4.69, 9.17) is 30.1 Å². The van der Waals surface area contributed by atoms with Crippen LogP contribution in [-0.2, 0) is 30.1 Å². The zero-order valence-corrected chi connectivity index (χ0v) is 35.0. The number of fused-ring (bicyclic) bond motifs is 2. The van der Waals surface area contributed by atoms with Gasteiger partial charge in [-0.2, -0.15) is 5.26 Å². The van der Waals surface area contributed by atoms with Crippen LogP contribution < -0.4 is 10.6 Å². The first kappa shape index (κ1) is 44.2. The first-order valence-electron chi connectivity index (χ1n) is 19.8. The summed E-state index contributed by atoms with van der Waals surface area (Å²) in [5.41, 5.74) is 1.39. The van der Waals surface area contributed by atoms with Gasteiger partial charge in [0, 0.05) is 29.6 Å². The minimum atomic E-state index is -4.06. The largest absolute Gasteiger partial charge is 0.506 e. The van der Waals surface area contributed by atoms with E-state index in [-0.39, 0.29) is 59.8 Å². The maximum absolute atomic E-state index is 16.8. The van der Waals surface area contributed by atoms with E-state index in [1.807, 2.05) is 6.07 Å². The van der Waals surface area contributed by atoms with Gasteiger partial charge in [-0.15, -0.1) is 0 Å². The van der Waals surface area contributed by atoms with Gasteiger partial charge >= 0.3 is 12.9 Å². The highest BCUT2D eigenvalue weighted by Crippen LogP contribution is 2.56. The summed E-state index contributed by atoms with van der Waals surface area (Å²) in [7, 11) is 0. The normalized spacial score (nSPS) is 24.0. The molecule has 2 amide bonds. The second-order valence-corrected chi connectivity index (χ2v) is 17.8. The Labute approximate surface area is 366 Å². The van der Waals surface area contributed by atoms with Crippen LogP contribution in [0.4, 0.5) is 25.2 Å². The summed E-state index contributed by atoms with van der Waals surface area (Å²) in [5, 5.41) is 34.7. The number of carbonyl (C=O) groups excluding carboxylic acids is 2. The average Bonchev–Trinajstić information content (AvgIpc) is 4.08.